The summed E-state index contributed by atoms with van der Waals surface area (Å²) in [7, 11) is -3.08. The van der Waals surface area contributed by atoms with Gasteiger partial charge >= 0.3 is 5.97 Å². The largest absolute Gasteiger partial charge is 0.452 e. The lowest BCUT2D eigenvalue weighted by Gasteiger charge is -2.29. The summed E-state index contributed by atoms with van der Waals surface area (Å²) in [6.45, 7) is 7.70. The zero-order valence-corrected chi connectivity index (χ0v) is 16.6. The van der Waals surface area contributed by atoms with Gasteiger partial charge in [-0.05, 0) is 50.8 Å². The molecule has 0 aliphatic carbocycles. The van der Waals surface area contributed by atoms with Gasteiger partial charge in [-0.2, -0.15) is 0 Å². The van der Waals surface area contributed by atoms with Gasteiger partial charge in [-0.15, -0.1) is 0 Å². The molecule has 0 unspecified atom stereocenters. The number of hydrogen-bond donors (Lipinski definition) is 0. The minimum atomic E-state index is -3.08. The molecule has 0 bridgehead atoms. The molecule has 0 aromatic heterocycles. The zero-order chi connectivity index (χ0) is 19.5. The average molecular weight is 381 g/mol. The van der Waals surface area contributed by atoms with Crippen molar-refractivity contribution in [2.45, 2.75) is 52.7 Å². The summed E-state index contributed by atoms with van der Waals surface area (Å²) in [6, 6.07) is 5.42. The van der Waals surface area contributed by atoms with E-state index in [9.17, 15) is 18.0 Å². The van der Waals surface area contributed by atoms with Crippen LogP contribution in [0, 0.1) is 13.8 Å². The lowest BCUT2D eigenvalue weighted by Crippen LogP contribution is -2.46. The van der Waals surface area contributed by atoms with Crippen molar-refractivity contribution in [1.29, 1.82) is 0 Å². The Morgan fingerprint density at radius 3 is 2.50 bits per heavy atom. The van der Waals surface area contributed by atoms with Crippen LogP contribution < -0.4 is 0 Å². The molecule has 2 rings (SSSR count). The predicted molar refractivity (Wildman–Crippen MR) is 99.6 cm³/mol. The molecular formula is C19H27NO5S. The third-order valence-electron chi connectivity index (χ3n) is 4.85. The number of benzene rings is 1. The lowest BCUT2D eigenvalue weighted by atomic mass is 10.0. The van der Waals surface area contributed by atoms with Gasteiger partial charge in [0.1, 0.15) is 0 Å². The van der Waals surface area contributed by atoms with Crippen molar-refractivity contribution < 1.29 is 22.7 Å². The van der Waals surface area contributed by atoms with Gasteiger partial charge in [0.05, 0.1) is 17.9 Å². The second-order valence-corrected chi connectivity index (χ2v) is 9.14. The van der Waals surface area contributed by atoms with Crippen molar-refractivity contribution in [2.75, 3.05) is 18.1 Å². The van der Waals surface area contributed by atoms with Crippen LogP contribution in [-0.4, -0.2) is 55.4 Å². The lowest BCUT2D eigenvalue weighted by molar-refractivity contribution is -0.159. The van der Waals surface area contributed by atoms with Crippen molar-refractivity contribution in [3.05, 3.63) is 34.9 Å². The van der Waals surface area contributed by atoms with Crippen LogP contribution in [0.2, 0.25) is 0 Å². The number of ether oxygens (including phenoxy) is 1. The van der Waals surface area contributed by atoms with E-state index in [1.165, 1.54) is 11.8 Å². The first-order valence-corrected chi connectivity index (χ1v) is 10.7. The summed E-state index contributed by atoms with van der Waals surface area (Å²) in [5.74, 6) is -0.731. The Hall–Kier alpha value is -1.89. The van der Waals surface area contributed by atoms with Crippen LogP contribution in [0.4, 0.5) is 0 Å². The fraction of sp³-hybridized carbons (Fsp3) is 0.579. The number of sulfone groups is 1. The van der Waals surface area contributed by atoms with E-state index in [0.717, 1.165) is 16.7 Å². The topological polar surface area (TPSA) is 80.8 Å². The first-order valence-electron chi connectivity index (χ1n) is 8.89. The van der Waals surface area contributed by atoms with Crippen molar-refractivity contribution in [3.63, 3.8) is 0 Å². The zero-order valence-electron chi connectivity index (χ0n) is 15.8. The molecule has 1 aliphatic heterocycles. The number of carbonyl (C=O) groups excluding carboxylic acids is 2. The Bertz CT molecular complexity index is 787. The number of likely N-dealkylation sites (N-methyl/N-ethyl adjacent to an activating group) is 1. The molecule has 1 heterocycles. The fourth-order valence-electron chi connectivity index (χ4n) is 3.22. The molecule has 1 amide bonds. The molecule has 1 aromatic rings. The molecule has 2 atom stereocenters. The summed E-state index contributed by atoms with van der Waals surface area (Å²) >= 11 is 0. The second-order valence-electron chi connectivity index (χ2n) is 6.91. The van der Waals surface area contributed by atoms with E-state index in [2.05, 4.69) is 0 Å². The Morgan fingerprint density at radius 1 is 1.27 bits per heavy atom. The number of carbonyl (C=O) groups is 2. The molecule has 26 heavy (non-hydrogen) atoms. The Labute approximate surface area is 155 Å². The molecule has 0 N–H and O–H groups in total. The van der Waals surface area contributed by atoms with Crippen LogP contribution in [0.25, 0.3) is 0 Å². The van der Waals surface area contributed by atoms with Crippen LogP contribution >= 0.6 is 0 Å². The maximum Gasteiger partial charge on any atom is 0.311 e. The van der Waals surface area contributed by atoms with Crippen LogP contribution in [0.15, 0.2) is 18.2 Å². The smallest absolute Gasteiger partial charge is 0.311 e. The number of rotatable bonds is 6. The summed E-state index contributed by atoms with van der Waals surface area (Å²) in [5, 5.41) is 0. The molecule has 1 aromatic carbocycles. The molecule has 1 aliphatic rings. The van der Waals surface area contributed by atoms with E-state index in [1.807, 2.05) is 32.0 Å². The fourth-order valence-corrected chi connectivity index (χ4v) is 4.95. The van der Waals surface area contributed by atoms with Gasteiger partial charge < -0.3 is 9.64 Å². The van der Waals surface area contributed by atoms with Gasteiger partial charge in [-0.3, -0.25) is 9.59 Å². The predicted octanol–water partition coefficient (Wildman–Crippen LogP) is 1.81. The Kier molecular flexibility index (Phi) is 6.44. The number of nitrogens with zero attached hydrogens (tertiary/aromatic N) is 1. The van der Waals surface area contributed by atoms with Crippen molar-refractivity contribution >= 4 is 21.7 Å². The van der Waals surface area contributed by atoms with Gasteiger partial charge in [0.15, 0.2) is 15.9 Å². The highest BCUT2D eigenvalue weighted by molar-refractivity contribution is 7.91. The second kappa shape index (κ2) is 8.20. The number of aryl methyl sites for hydroxylation is 2. The number of amides is 1. The first-order chi connectivity index (χ1) is 12.1. The molecular weight excluding hydrogens is 354 g/mol. The summed E-state index contributed by atoms with van der Waals surface area (Å²) in [5.41, 5.74) is 3.08. The summed E-state index contributed by atoms with van der Waals surface area (Å²) in [6.07, 6.45) is -0.397. The number of hydrogen-bond acceptors (Lipinski definition) is 5. The third kappa shape index (κ3) is 5.06. The highest BCUT2D eigenvalue weighted by atomic mass is 32.2. The van der Waals surface area contributed by atoms with E-state index in [0.29, 0.717) is 13.0 Å². The Balaban J connectivity index is 1.96. The van der Waals surface area contributed by atoms with Gasteiger partial charge in [0.2, 0.25) is 0 Å². The SMILES string of the molecule is CCN(C(=O)[C@H](C)OC(=O)Cc1ccc(C)c(C)c1)[C@@H]1CCS(=O)(=O)C1. The molecule has 1 fully saturated rings. The molecule has 7 heteroatoms. The standard InChI is InChI=1S/C19H27NO5S/c1-5-20(17-8-9-26(23,24)12-17)19(22)15(4)25-18(21)11-16-7-6-13(2)14(3)10-16/h6-7,10,15,17H,5,8-9,11-12H2,1-4H3/t15-,17+/m0/s1. The van der Waals surface area contributed by atoms with Crippen molar-refractivity contribution in [2.24, 2.45) is 0 Å². The van der Waals surface area contributed by atoms with Crippen LogP contribution in [0.5, 0.6) is 0 Å². The highest BCUT2D eigenvalue weighted by Crippen LogP contribution is 2.19. The number of esters is 1. The normalized spacial score (nSPS) is 19.8. The molecule has 0 saturated carbocycles. The van der Waals surface area contributed by atoms with Gasteiger partial charge in [-0.1, -0.05) is 18.2 Å². The van der Waals surface area contributed by atoms with Crippen LogP contribution in [-0.2, 0) is 30.6 Å². The Morgan fingerprint density at radius 2 is 1.96 bits per heavy atom. The van der Waals surface area contributed by atoms with Crippen LogP contribution in [0.1, 0.15) is 37.0 Å². The molecule has 144 valence electrons. The van der Waals surface area contributed by atoms with E-state index in [1.54, 1.807) is 6.92 Å². The van der Waals surface area contributed by atoms with E-state index < -0.39 is 21.9 Å². The molecule has 6 nitrogen and oxygen atoms in total. The van der Waals surface area contributed by atoms with E-state index in [4.69, 9.17) is 4.74 Å². The van der Waals surface area contributed by atoms with Crippen molar-refractivity contribution in [1.82, 2.24) is 4.90 Å². The molecule has 0 radical (unpaired) electrons. The van der Waals surface area contributed by atoms with Gasteiger partial charge in [0, 0.05) is 12.6 Å². The van der Waals surface area contributed by atoms with Gasteiger partial charge in [-0.25, -0.2) is 8.42 Å². The monoisotopic (exact) mass is 381 g/mol. The summed E-state index contributed by atoms with van der Waals surface area (Å²) < 4.78 is 28.6. The maximum absolute atomic E-state index is 12.6. The van der Waals surface area contributed by atoms with Crippen LogP contribution in [0.3, 0.4) is 0 Å². The maximum atomic E-state index is 12.6. The van der Waals surface area contributed by atoms with E-state index in [-0.39, 0.29) is 29.9 Å². The highest BCUT2D eigenvalue weighted by Gasteiger charge is 2.36. The molecule has 1 saturated heterocycles. The quantitative estimate of drug-likeness (QED) is 0.702. The van der Waals surface area contributed by atoms with Crippen molar-refractivity contribution in [3.8, 4) is 0 Å². The third-order valence-corrected chi connectivity index (χ3v) is 6.60. The average Bonchev–Trinajstić information content (AvgIpc) is 2.91. The minimum absolute atomic E-state index is 0.0180. The van der Waals surface area contributed by atoms with Gasteiger partial charge in [0.25, 0.3) is 5.91 Å². The minimum Gasteiger partial charge on any atom is -0.452 e. The van der Waals surface area contributed by atoms with E-state index >= 15 is 0 Å². The first kappa shape index (κ1) is 20.4. The molecule has 0 spiro atoms. The summed E-state index contributed by atoms with van der Waals surface area (Å²) in [4.78, 5) is 26.3.